The molecule has 0 atom stereocenters. The third kappa shape index (κ3) is 5.57. The normalized spacial score (nSPS) is 18.3. The lowest BCUT2D eigenvalue weighted by molar-refractivity contribution is -0.156. The van der Waals surface area contributed by atoms with E-state index >= 15 is 0 Å². The fourth-order valence-corrected chi connectivity index (χ4v) is 3.04. The van der Waals surface area contributed by atoms with Crippen molar-refractivity contribution in [1.29, 1.82) is 0 Å². The highest BCUT2D eigenvalue weighted by molar-refractivity contribution is 5.75. The van der Waals surface area contributed by atoms with Gasteiger partial charge < -0.3 is 19.6 Å². The van der Waals surface area contributed by atoms with Crippen molar-refractivity contribution in [2.75, 3.05) is 52.5 Å². The number of ether oxygens (including phenoxy) is 1. The molecule has 1 aliphatic rings. The highest BCUT2D eigenvalue weighted by atomic mass is 16.5. The molecule has 5 nitrogen and oxygen atoms in total. The van der Waals surface area contributed by atoms with Crippen molar-refractivity contribution in [3.8, 4) is 0 Å². The van der Waals surface area contributed by atoms with Crippen molar-refractivity contribution in [3.05, 3.63) is 0 Å². The minimum absolute atomic E-state index is 0.573. The molecule has 0 aromatic heterocycles. The first-order chi connectivity index (χ1) is 10.1. The molecule has 1 fully saturated rings. The molecule has 0 bridgehead atoms. The number of aliphatic carboxylic acids is 1. The minimum Gasteiger partial charge on any atom is -0.481 e. The van der Waals surface area contributed by atoms with Gasteiger partial charge in [-0.05, 0) is 52.0 Å². The van der Waals surface area contributed by atoms with Gasteiger partial charge in [0.05, 0.1) is 5.41 Å². The number of nitrogens with zero attached hydrogens (tertiary/aromatic N) is 2. The fourth-order valence-electron chi connectivity index (χ4n) is 3.04. The van der Waals surface area contributed by atoms with Crippen LogP contribution < -0.4 is 0 Å². The summed E-state index contributed by atoms with van der Waals surface area (Å²) in [5.41, 5.74) is -0.608. The number of carboxylic acid groups (broad SMARTS) is 1. The molecule has 1 saturated heterocycles. The Kier molecular flexibility index (Phi) is 8.22. The molecule has 0 amide bonds. The maximum Gasteiger partial charge on any atom is 0.311 e. The van der Waals surface area contributed by atoms with Gasteiger partial charge in [0.1, 0.15) is 0 Å². The Hall–Kier alpha value is -0.650. The van der Waals surface area contributed by atoms with Gasteiger partial charge >= 0.3 is 5.97 Å². The van der Waals surface area contributed by atoms with E-state index in [0.29, 0.717) is 32.6 Å². The Morgan fingerprint density at radius 3 is 2.05 bits per heavy atom. The molecule has 1 rings (SSSR count). The predicted molar refractivity (Wildman–Crippen MR) is 84.6 cm³/mol. The number of carbonyl (C=O) groups is 1. The van der Waals surface area contributed by atoms with Crippen molar-refractivity contribution >= 4 is 5.97 Å². The summed E-state index contributed by atoms with van der Waals surface area (Å²) in [6.07, 6.45) is 2.37. The van der Waals surface area contributed by atoms with E-state index in [9.17, 15) is 9.90 Å². The highest BCUT2D eigenvalue weighted by Crippen LogP contribution is 2.32. The largest absolute Gasteiger partial charge is 0.481 e. The maximum atomic E-state index is 11.7. The SMILES string of the molecule is CCN(CC)CCCN(CC)CC1(C(=O)O)CCOCC1. The Labute approximate surface area is 129 Å². The molecule has 1 heterocycles. The van der Waals surface area contributed by atoms with E-state index in [-0.39, 0.29) is 0 Å². The highest BCUT2D eigenvalue weighted by Gasteiger charge is 2.41. The van der Waals surface area contributed by atoms with E-state index in [2.05, 4.69) is 30.6 Å². The monoisotopic (exact) mass is 300 g/mol. The molecule has 124 valence electrons. The zero-order valence-electron chi connectivity index (χ0n) is 13.9. The summed E-state index contributed by atoms with van der Waals surface area (Å²) >= 11 is 0. The van der Waals surface area contributed by atoms with E-state index in [1.165, 1.54) is 0 Å². The smallest absolute Gasteiger partial charge is 0.311 e. The quantitative estimate of drug-likeness (QED) is 0.668. The summed E-state index contributed by atoms with van der Waals surface area (Å²) in [5.74, 6) is -0.659. The molecule has 0 radical (unpaired) electrons. The van der Waals surface area contributed by atoms with Gasteiger partial charge in [0, 0.05) is 19.8 Å². The Morgan fingerprint density at radius 2 is 1.57 bits per heavy atom. The summed E-state index contributed by atoms with van der Waals surface area (Å²) in [6, 6.07) is 0. The van der Waals surface area contributed by atoms with Crippen LogP contribution in [0.5, 0.6) is 0 Å². The van der Waals surface area contributed by atoms with Gasteiger partial charge in [0.2, 0.25) is 0 Å². The average molecular weight is 300 g/mol. The first-order valence-corrected chi connectivity index (χ1v) is 8.33. The molecule has 5 heteroatoms. The summed E-state index contributed by atoms with van der Waals surface area (Å²) in [6.45, 7) is 13.4. The summed E-state index contributed by atoms with van der Waals surface area (Å²) < 4.78 is 5.34. The second-order valence-electron chi connectivity index (χ2n) is 5.95. The molecule has 0 aromatic carbocycles. The van der Waals surface area contributed by atoms with Gasteiger partial charge in [0.25, 0.3) is 0 Å². The van der Waals surface area contributed by atoms with Crippen LogP contribution in [0.1, 0.15) is 40.0 Å². The molecule has 0 aliphatic carbocycles. The Morgan fingerprint density at radius 1 is 1.05 bits per heavy atom. The first-order valence-electron chi connectivity index (χ1n) is 8.33. The van der Waals surface area contributed by atoms with Gasteiger partial charge in [-0.1, -0.05) is 20.8 Å². The molecule has 0 aromatic rings. The van der Waals surface area contributed by atoms with Crippen molar-refractivity contribution in [2.24, 2.45) is 5.41 Å². The minimum atomic E-state index is -0.659. The van der Waals surface area contributed by atoms with E-state index in [4.69, 9.17) is 4.74 Å². The second kappa shape index (κ2) is 9.38. The number of hydrogen-bond acceptors (Lipinski definition) is 4. The third-order valence-corrected chi connectivity index (χ3v) is 4.72. The topological polar surface area (TPSA) is 53.0 Å². The van der Waals surface area contributed by atoms with Crippen LogP contribution >= 0.6 is 0 Å². The van der Waals surface area contributed by atoms with Gasteiger partial charge in [0.15, 0.2) is 0 Å². The molecule has 21 heavy (non-hydrogen) atoms. The van der Waals surface area contributed by atoms with Gasteiger partial charge in [-0.25, -0.2) is 0 Å². The molecule has 1 N–H and O–H groups in total. The van der Waals surface area contributed by atoms with Crippen LogP contribution in [-0.2, 0) is 9.53 Å². The Balaban J connectivity index is 2.49. The van der Waals surface area contributed by atoms with Crippen LogP contribution in [0.25, 0.3) is 0 Å². The van der Waals surface area contributed by atoms with Gasteiger partial charge in [-0.15, -0.1) is 0 Å². The molecule has 0 spiro atoms. The maximum absolute atomic E-state index is 11.7. The summed E-state index contributed by atoms with van der Waals surface area (Å²) in [7, 11) is 0. The number of rotatable bonds is 10. The molecule has 1 aliphatic heterocycles. The van der Waals surface area contributed by atoms with Crippen molar-refractivity contribution in [1.82, 2.24) is 9.80 Å². The summed E-state index contributed by atoms with van der Waals surface area (Å²) in [5, 5.41) is 9.63. The lowest BCUT2D eigenvalue weighted by atomic mass is 9.79. The van der Waals surface area contributed by atoms with Crippen LogP contribution in [0.15, 0.2) is 0 Å². The summed E-state index contributed by atoms with van der Waals surface area (Å²) in [4.78, 5) is 16.4. The molecule has 0 saturated carbocycles. The number of hydrogen-bond donors (Lipinski definition) is 1. The molecular formula is C16H32N2O3. The van der Waals surface area contributed by atoms with Crippen molar-refractivity contribution in [3.63, 3.8) is 0 Å². The lowest BCUT2D eigenvalue weighted by Gasteiger charge is -2.37. The standard InChI is InChI=1S/C16H32N2O3/c1-4-17(5-2)10-7-11-18(6-3)14-16(15(19)20)8-12-21-13-9-16/h4-14H2,1-3H3,(H,19,20). The van der Waals surface area contributed by atoms with Crippen molar-refractivity contribution in [2.45, 2.75) is 40.0 Å². The lowest BCUT2D eigenvalue weighted by Crippen LogP contribution is -2.47. The number of carboxylic acids is 1. The van der Waals surface area contributed by atoms with E-state index < -0.39 is 11.4 Å². The van der Waals surface area contributed by atoms with E-state index in [0.717, 1.165) is 39.1 Å². The Bertz CT molecular complexity index is 300. The zero-order chi connectivity index (χ0) is 15.7. The van der Waals surface area contributed by atoms with Crippen LogP contribution in [0, 0.1) is 5.41 Å². The molecular weight excluding hydrogens is 268 g/mol. The van der Waals surface area contributed by atoms with Crippen molar-refractivity contribution < 1.29 is 14.6 Å². The molecule has 0 unspecified atom stereocenters. The predicted octanol–water partition coefficient (Wildman–Crippen LogP) is 1.92. The van der Waals surface area contributed by atoms with Crippen LogP contribution in [0.4, 0.5) is 0 Å². The van der Waals surface area contributed by atoms with Gasteiger partial charge in [-0.3, -0.25) is 4.79 Å². The first kappa shape index (κ1) is 18.4. The van der Waals surface area contributed by atoms with E-state index in [1.807, 2.05) is 0 Å². The van der Waals surface area contributed by atoms with E-state index in [1.54, 1.807) is 0 Å². The van der Waals surface area contributed by atoms with Crippen LogP contribution in [0.2, 0.25) is 0 Å². The van der Waals surface area contributed by atoms with Crippen LogP contribution in [-0.4, -0.2) is 73.4 Å². The fraction of sp³-hybridized carbons (Fsp3) is 0.938. The average Bonchev–Trinajstić information content (AvgIpc) is 2.51. The zero-order valence-corrected chi connectivity index (χ0v) is 13.9. The van der Waals surface area contributed by atoms with Gasteiger partial charge in [-0.2, -0.15) is 0 Å². The third-order valence-electron chi connectivity index (χ3n) is 4.72. The second-order valence-corrected chi connectivity index (χ2v) is 5.95. The van der Waals surface area contributed by atoms with Crippen LogP contribution in [0.3, 0.4) is 0 Å².